The van der Waals surface area contributed by atoms with Crippen molar-refractivity contribution in [1.82, 2.24) is 10.6 Å². The van der Waals surface area contributed by atoms with Crippen molar-refractivity contribution in [2.24, 2.45) is 0 Å². The van der Waals surface area contributed by atoms with Crippen LogP contribution in [0.25, 0.3) is 0 Å². The van der Waals surface area contributed by atoms with Crippen molar-refractivity contribution >= 4 is 23.8 Å². The number of rotatable bonds is 47. The molecule has 376 valence electrons. The molecule has 3 atom stereocenters. The number of nitrogens with one attached hydrogen (secondary N) is 2. The minimum Gasteiger partial charge on any atom is -0.458 e. The average molecular weight is 907 g/mol. The van der Waals surface area contributed by atoms with Gasteiger partial charge in [-0.1, -0.05) is 194 Å². The Labute approximate surface area is 393 Å². The molecule has 1 aliphatic rings. The second-order valence-electron chi connectivity index (χ2n) is 19.2. The van der Waals surface area contributed by atoms with E-state index in [0.29, 0.717) is 45.3 Å². The van der Waals surface area contributed by atoms with Crippen molar-refractivity contribution in [2.45, 2.75) is 296 Å². The Hall–Kier alpha value is -2.20. The van der Waals surface area contributed by atoms with Gasteiger partial charge in [0.1, 0.15) is 12.2 Å². The van der Waals surface area contributed by atoms with Crippen molar-refractivity contribution in [3.8, 4) is 0 Å². The molecule has 0 heterocycles. The molecule has 0 spiro atoms. The van der Waals surface area contributed by atoms with E-state index >= 15 is 0 Å². The van der Waals surface area contributed by atoms with Crippen molar-refractivity contribution in [3.05, 3.63) is 0 Å². The highest BCUT2D eigenvalue weighted by atomic mass is 16.6. The lowest BCUT2D eigenvalue weighted by molar-refractivity contribution is -0.165. The fourth-order valence-corrected chi connectivity index (χ4v) is 8.81. The van der Waals surface area contributed by atoms with Gasteiger partial charge in [-0.3, -0.25) is 19.2 Å². The van der Waals surface area contributed by atoms with Crippen LogP contribution in [0.3, 0.4) is 0 Å². The molecule has 0 bridgehead atoms. The molecule has 1 rings (SSSR count). The first kappa shape index (κ1) is 59.8. The van der Waals surface area contributed by atoms with Crippen LogP contribution in [0.2, 0.25) is 0 Å². The van der Waals surface area contributed by atoms with Crippen LogP contribution >= 0.6 is 0 Å². The molecule has 1 aliphatic carbocycles. The van der Waals surface area contributed by atoms with Gasteiger partial charge in [0.05, 0.1) is 6.10 Å². The molecule has 10 nitrogen and oxygen atoms in total. The number of esters is 2. The molecule has 2 amide bonds. The summed E-state index contributed by atoms with van der Waals surface area (Å²) in [6, 6.07) is -0.301. The zero-order valence-corrected chi connectivity index (χ0v) is 42.3. The summed E-state index contributed by atoms with van der Waals surface area (Å²) in [5.41, 5.74) is 0. The number of carbonyl (C=O) groups excluding carboxylic acids is 4. The van der Waals surface area contributed by atoms with Gasteiger partial charge in [-0.25, -0.2) is 0 Å². The first-order chi connectivity index (χ1) is 31.3. The van der Waals surface area contributed by atoms with E-state index in [2.05, 4.69) is 24.5 Å². The summed E-state index contributed by atoms with van der Waals surface area (Å²) in [6.07, 6.45) is 41.0. The van der Waals surface area contributed by atoms with Crippen LogP contribution in [0.1, 0.15) is 271 Å². The number of hydrogen-bond acceptors (Lipinski definition) is 8. The van der Waals surface area contributed by atoms with Crippen LogP contribution in [0, 0.1) is 0 Å². The van der Waals surface area contributed by atoms with Gasteiger partial charge in [0, 0.05) is 71.4 Å². The quantitative estimate of drug-likeness (QED) is 0.0456. The third kappa shape index (κ3) is 38.0. The van der Waals surface area contributed by atoms with Crippen molar-refractivity contribution in [1.29, 1.82) is 0 Å². The lowest BCUT2D eigenvalue weighted by atomic mass is 10.0. The van der Waals surface area contributed by atoms with E-state index in [1.807, 2.05) is 6.92 Å². The maximum absolute atomic E-state index is 13.0. The summed E-state index contributed by atoms with van der Waals surface area (Å²) >= 11 is 0. The molecule has 1 fully saturated rings. The molecule has 2 N–H and O–H groups in total. The Kier molecular flexibility index (Phi) is 41.7. The van der Waals surface area contributed by atoms with E-state index < -0.39 is 12.2 Å². The maximum Gasteiger partial charge on any atom is 0.306 e. The maximum atomic E-state index is 13.0. The van der Waals surface area contributed by atoms with Crippen LogP contribution < -0.4 is 10.6 Å². The molecule has 0 saturated heterocycles. The van der Waals surface area contributed by atoms with Crippen molar-refractivity contribution in [3.63, 3.8) is 0 Å². The number of ether oxygens (including phenoxy) is 4. The van der Waals surface area contributed by atoms with Crippen LogP contribution in [-0.2, 0) is 38.1 Å². The van der Waals surface area contributed by atoms with Crippen molar-refractivity contribution in [2.75, 3.05) is 26.9 Å². The van der Waals surface area contributed by atoms with Crippen LogP contribution in [0.15, 0.2) is 0 Å². The highest BCUT2D eigenvalue weighted by Gasteiger charge is 2.40. The highest BCUT2D eigenvalue weighted by Crippen LogP contribution is 2.28. The Morgan fingerprint density at radius 3 is 1.22 bits per heavy atom. The summed E-state index contributed by atoms with van der Waals surface area (Å²) in [5.74, 6) is -0.944. The predicted molar refractivity (Wildman–Crippen MR) is 263 cm³/mol. The summed E-state index contributed by atoms with van der Waals surface area (Å²) in [7, 11) is 1.69. The zero-order chi connectivity index (χ0) is 46.6. The second kappa shape index (κ2) is 44.6. The Morgan fingerprint density at radius 2 is 0.828 bits per heavy atom. The highest BCUT2D eigenvalue weighted by molar-refractivity contribution is 5.83. The Morgan fingerprint density at radius 1 is 0.469 bits per heavy atom. The van der Waals surface area contributed by atoms with E-state index in [1.165, 1.54) is 154 Å². The van der Waals surface area contributed by atoms with Gasteiger partial charge >= 0.3 is 11.9 Å². The first-order valence-electron chi connectivity index (χ1n) is 27.3. The van der Waals surface area contributed by atoms with E-state index in [-0.39, 0.29) is 48.7 Å². The standard InChI is InChI=1S/C54H102N2O8/c1-5-7-9-11-13-15-17-19-21-23-25-27-29-31-33-37-53(59)63-49-45-48(56-52(58)40-39-51(57)55-42-41-47(3)62-44-36-35-43-61-4)46-50(49)64-54(60)38-34-32-30-28-26-24-22-20-18-16-14-12-10-8-6-2/h47-50H,5-46H2,1-4H3,(H,55,57)(H,56,58). The van der Waals surface area contributed by atoms with E-state index in [1.54, 1.807) is 7.11 Å². The molecule has 64 heavy (non-hydrogen) atoms. The van der Waals surface area contributed by atoms with E-state index in [0.717, 1.165) is 58.0 Å². The van der Waals surface area contributed by atoms with Crippen LogP contribution in [-0.4, -0.2) is 75.0 Å². The summed E-state index contributed by atoms with van der Waals surface area (Å²) < 4.78 is 22.7. The van der Waals surface area contributed by atoms with Crippen molar-refractivity contribution < 1.29 is 38.1 Å². The van der Waals surface area contributed by atoms with E-state index in [4.69, 9.17) is 18.9 Å². The fourth-order valence-electron chi connectivity index (χ4n) is 8.81. The zero-order valence-electron chi connectivity index (χ0n) is 42.3. The topological polar surface area (TPSA) is 129 Å². The molecule has 10 heteroatoms. The molecule has 0 aliphatic heterocycles. The monoisotopic (exact) mass is 907 g/mol. The number of unbranched alkanes of at least 4 members (excludes halogenated alkanes) is 29. The number of amides is 2. The second-order valence-corrected chi connectivity index (χ2v) is 19.2. The molecular weight excluding hydrogens is 805 g/mol. The van der Waals surface area contributed by atoms with Gasteiger partial charge in [0.15, 0.2) is 0 Å². The molecule has 0 aromatic heterocycles. The molecule has 1 saturated carbocycles. The molecule has 0 aromatic rings. The molecule has 3 unspecified atom stereocenters. The normalized spacial score (nSPS) is 16.5. The predicted octanol–water partition coefficient (Wildman–Crippen LogP) is 13.7. The number of methoxy groups -OCH3 is 1. The van der Waals surface area contributed by atoms with Gasteiger partial charge in [0.25, 0.3) is 0 Å². The molecular formula is C54H102N2O8. The van der Waals surface area contributed by atoms with Gasteiger partial charge in [-0.2, -0.15) is 0 Å². The van der Waals surface area contributed by atoms with Gasteiger partial charge in [0.2, 0.25) is 11.8 Å². The summed E-state index contributed by atoms with van der Waals surface area (Å²) in [4.78, 5) is 51.4. The smallest absolute Gasteiger partial charge is 0.306 e. The third-order valence-electron chi connectivity index (χ3n) is 12.9. The summed E-state index contributed by atoms with van der Waals surface area (Å²) in [5, 5.41) is 5.91. The number of hydrogen-bond donors (Lipinski definition) is 2. The Balaban J connectivity index is 2.41. The van der Waals surface area contributed by atoms with Gasteiger partial charge < -0.3 is 29.6 Å². The SMILES string of the molecule is CCCCCCCCCCCCCCCCCC(=O)OC1CC(NC(=O)CCC(=O)NCCC(C)OCCCCOC)CC1OC(=O)CCCCCCCCCCCCCCCCC. The van der Waals surface area contributed by atoms with Crippen LogP contribution in [0.4, 0.5) is 0 Å². The van der Waals surface area contributed by atoms with Crippen LogP contribution in [0.5, 0.6) is 0 Å². The first-order valence-corrected chi connectivity index (χ1v) is 27.3. The number of carbonyl (C=O) groups is 4. The van der Waals surface area contributed by atoms with E-state index in [9.17, 15) is 19.2 Å². The largest absolute Gasteiger partial charge is 0.458 e. The minimum absolute atomic E-state index is 0.0331. The Bertz CT molecular complexity index is 1050. The summed E-state index contributed by atoms with van der Waals surface area (Å²) in [6.45, 7) is 8.41. The fraction of sp³-hybridized carbons (Fsp3) is 0.926. The third-order valence-corrected chi connectivity index (χ3v) is 12.9. The minimum atomic E-state index is -0.591. The van der Waals surface area contributed by atoms with Gasteiger partial charge in [-0.15, -0.1) is 0 Å². The lowest BCUT2D eigenvalue weighted by Gasteiger charge is -2.20. The molecule has 0 radical (unpaired) electrons. The molecule has 0 aromatic carbocycles. The lowest BCUT2D eigenvalue weighted by Crippen LogP contribution is -2.35. The average Bonchev–Trinajstić information content (AvgIpc) is 3.64. The van der Waals surface area contributed by atoms with Gasteiger partial charge in [-0.05, 0) is 39.0 Å².